The van der Waals surface area contributed by atoms with Crippen LogP contribution < -0.4 is 20.7 Å². The third-order valence-corrected chi connectivity index (χ3v) is 7.03. The number of fused-ring (bicyclic) bond motifs is 1. The van der Waals surface area contributed by atoms with Gasteiger partial charge in [0.1, 0.15) is 0 Å². The molecule has 1 N–H and O–H groups in total. The first-order valence-corrected chi connectivity index (χ1v) is 12.8. The molecule has 4 aromatic rings. The molecule has 7 nitrogen and oxygen atoms in total. The summed E-state index contributed by atoms with van der Waals surface area (Å²) in [5, 5.41) is 3.09. The highest BCUT2D eigenvalue weighted by molar-refractivity contribution is 5.80. The molecule has 5 rings (SSSR count). The number of anilines is 2. The number of amides is 1. The highest BCUT2D eigenvalue weighted by Crippen LogP contribution is 2.23. The Morgan fingerprint density at radius 3 is 2.46 bits per heavy atom. The van der Waals surface area contributed by atoms with E-state index in [1.165, 1.54) is 0 Å². The topological polar surface area (TPSA) is 70.5 Å². The number of para-hydroxylation sites is 2. The van der Waals surface area contributed by atoms with E-state index in [1.807, 2.05) is 90.6 Å². The first-order valence-electron chi connectivity index (χ1n) is 12.8. The van der Waals surface area contributed by atoms with Gasteiger partial charge in [0.2, 0.25) is 5.91 Å². The summed E-state index contributed by atoms with van der Waals surface area (Å²) in [6.45, 7) is 2.15. The predicted molar refractivity (Wildman–Crippen MR) is 149 cm³/mol. The molecule has 0 aliphatic carbocycles. The van der Waals surface area contributed by atoms with Crippen LogP contribution in [0.15, 0.2) is 83.7 Å². The first-order chi connectivity index (χ1) is 18.0. The molecule has 0 bridgehead atoms. The van der Waals surface area contributed by atoms with E-state index in [2.05, 4.69) is 17.4 Å². The highest BCUT2D eigenvalue weighted by atomic mass is 16.2. The van der Waals surface area contributed by atoms with Gasteiger partial charge in [-0.3, -0.25) is 14.2 Å². The Balaban J connectivity index is 1.34. The molecule has 0 spiro atoms. The largest absolute Gasteiger partial charge is 0.378 e. The number of carbonyl (C=O) groups excluding carboxylic acids is 1. The fourth-order valence-corrected chi connectivity index (χ4v) is 4.94. The minimum atomic E-state index is -0.190. The number of aromatic nitrogens is 2. The zero-order chi connectivity index (χ0) is 25.8. The van der Waals surface area contributed by atoms with Gasteiger partial charge < -0.3 is 15.1 Å². The summed E-state index contributed by atoms with van der Waals surface area (Å²) in [5.74, 6) is 0.253. The zero-order valence-corrected chi connectivity index (χ0v) is 21.4. The van der Waals surface area contributed by atoms with Gasteiger partial charge in [-0.2, -0.15) is 0 Å². The van der Waals surface area contributed by atoms with Gasteiger partial charge in [-0.15, -0.1) is 0 Å². The second-order valence-electron chi connectivity index (χ2n) is 9.86. The van der Waals surface area contributed by atoms with Crippen molar-refractivity contribution in [2.45, 2.75) is 25.9 Å². The van der Waals surface area contributed by atoms with Crippen molar-refractivity contribution in [2.24, 2.45) is 5.92 Å². The molecule has 37 heavy (non-hydrogen) atoms. The van der Waals surface area contributed by atoms with Crippen molar-refractivity contribution in [3.8, 4) is 0 Å². The number of hydrogen-bond acceptors (Lipinski definition) is 5. The van der Waals surface area contributed by atoms with E-state index in [4.69, 9.17) is 4.98 Å². The van der Waals surface area contributed by atoms with Crippen LogP contribution in [0.25, 0.3) is 11.0 Å². The summed E-state index contributed by atoms with van der Waals surface area (Å²) < 4.78 is 1.80. The van der Waals surface area contributed by atoms with Gasteiger partial charge in [0.25, 0.3) is 5.56 Å². The second-order valence-corrected chi connectivity index (χ2v) is 9.86. The van der Waals surface area contributed by atoms with Crippen LogP contribution in [0.3, 0.4) is 0 Å². The van der Waals surface area contributed by atoms with Crippen molar-refractivity contribution < 1.29 is 4.79 Å². The van der Waals surface area contributed by atoms with Gasteiger partial charge in [0.05, 0.1) is 23.5 Å². The van der Waals surface area contributed by atoms with Crippen LogP contribution in [-0.4, -0.2) is 42.6 Å². The van der Waals surface area contributed by atoms with E-state index < -0.39 is 0 Å². The summed E-state index contributed by atoms with van der Waals surface area (Å²) in [6, 6.07) is 25.9. The lowest BCUT2D eigenvalue weighted by Gasteiger charge is -2.33. The average Bonchev–Trinajstić information content (AvgIpc) is 2.94. The lowest BCUT2D eigenvalue weighted by Crippen LogP contribution is -2.45. The number of benzene rings is 3. The number of nitrogens with one attached hydrogen (secondary N) is 1. The fourth-order valence-electron chi connectivity index (χ4n) is 4.94. The molecule has 1 aliphatic rings. The van der Waals surface area contributed by atoms with Gasteiger partial charge in [-0.05, 0) is 48.2 Å². The van der Waals surface area contributed by atoms with Gasteiger partial charge in [0, 0.05) is 39.4 Å². The van der Waals surface area contributed by atoms with E-state index in [1.54, 1.807) is 4.57 Å². The normalized spacial score (nSPS) is 15.5. The summed E-state index contributed by atoms with van der Waals surface area (Å²) in [5.41, 5.74) is 4.71. The van der Waals surface area contributed by atoms with Crippen molar-refractivity contribution in [3.63, 3.8) is 0 Å². The lowest BCUT2D eigenvalue weighted by molar-refractivity contribution is -0.125. The number of nitrogens with zero attached hydrogens (tertiary/aromatic N) is 4. The molecule has 3 aromatic carbocycles. The molecule has 1 saturated heterocycles. The molecule has 1 amide bonds. The third-order valence-electron chi connectivity index (χ3n) is 7.03. The van der Waals surface area contributed by atoms with Crippen molar-refractivity contribution in [3.05, 3.63) is 100 Å². The first kappa shape index (κ1) is 24.6. The van der Waals surface area contributed by atoms with Crippen molar-refractivity contribution in [2.75, 3.05) is 37.0 Å². The van der Waals surface area contributed by atoms with Crippen LogP contribution in [0.1, 0.15) is 24.0 Å². The quantitative estimate of drug-likeness (QED) is 0.419. The monoisotopic (exact) mass is 495 g/mol. The van der Waals surface area contributed by atoms with E-state index in [9.17, 15) is 9.59 Å². The minimum Gasteiger partial charge on any atom is -0.378 e. The minimum absolute atomic E-state index is 0.0202. The summed E-state index contributed by atoms with van der Waals surface area (Å²) in [7, 11) is 4.01. The summed E-state index contributed by atoms with van der Waals surface area (Å²) in [4.78, 5) is 35.6. The fraction of sp³-hybridized carbons (Fsp3) is 0.300. The highest BCUT2D eigenvalue weighted by Gasteiger charge is 2.28. The van der Waals surface area contributed by atoms with Crippen molar-refractivity contribution >= 4 is 28.4 Å². The van der Waals surface area contributed by atoms with Crippen LogP contribution in [-0.2, 0) is 17.9 Å². The molecule has 1 aromatic heterocycles. The van der Waals surface area contributed by atoms with E-state index >= 15 is 0 Å². The van der Waals surface area contributed by atoms with E-state index in [0.29, 0.717) is 32.0 Å². The Labute approximate surface area is 217 Å². The number of hydrogen-bond donors (Lipinski definition) is 1. The Hall–Kier alpha value is -4.13. The van der Waals surface area contributed by atoms with Crippen LogP contribution in [0.5, 0.6) is 0 Å². The number of rotatable bonds is 7. The number of carbonyl (C=O) groups is 1. The molecule has 0 saturated carbocycles. The molecular formula is C30H33N5O2. The molecule has 0 unspecified atom stereocenters. The maximum Gasteiger partial charge on any atom is 0.294 e. The van der Waals surface area contributed by atoms with Crippen molar-refractivity contribution in [1.29, 1.82) is 0 Å². The van der Waals surface area contributed by atoms with Crippen LogP contribution in [0, 0.1) is 5.92 Å². The molecule has 1 aliphatic heterocycles. The summed E-state index contributed by atoms with van der Waals surface area (Å²) >= 11 is 0. The van der Waals surface area contributed by atoms with Gasteiger partial charge in [-0.25, -0.2) is 4.98 Å². The predicted octanol–water partition coefficient (Wildman–Crippen LogP) is 4.04. The molecule has 7 heteroatoms. The van der Waals surface area contributed by atoms with Crippen molar-refractivity contribution in [1.82, 2.24) is 14.9 Å². The molecule has 1 fully saturated rings. The van der Waals surface area contributed by atoms with Crippen LogP contribution in [0.2, 0.25) is 0 Å². The van der Waals surface area contributed by atoms with Gasteiger partial charge >= 0.3 is 0 Å². The molecular weight excluding hydrogens is 462 g/mol. The van der Waals surface area contributed by atoms with Gasteiger partial charge in [0.15, 0.2) is 5.82 Å². The van der Waals surface area contributed by atoms with Gasteiger partial charge in [-0.1, -0.05) is 54.6 Å². The smallest absolute Gasteiger partial charge is 0.294 e. The Morgan fingerprint density at radius 1 is 0.973 bits per heavy atom. The van der Waals surface area contributed by atoms with E-state index in [0.717, 1.165) is 40.7 Å². The Kier molecular flexibility index (Phi) is 7.21. The number of piperidine rings is 1. The molecule has 2 heterocycles. The maximum atomic E-state index is 13.7. The Bertz CT molecular complexity index is 1430. The molecule has 0 radical (unpaired) electrons. The molecule has 1 atom stereocenters. The van der Waals surface area contributed by atoms with Crippen LogP contribution >= 0.6 is 0 Å². The Morgan fingerprint density at radius 2 is 1.70 bits per heavy atom. The third kappa shape index (κ3) is 5.50. The average molecular weight is 496 g/mol. The molecule has 190 valence electrons. The SMILES string of the molecule is CN(C)c1ccc(CNC(=O)[C@@H]2CCCN(c3nc4ccccc4n(Cc4ccccc4)c3=O)C2)cc1. The zero-order valence-electron chi connectivity index (χ0n) is 21.4. The summed E-state index contributed by atoms with van der Waals surface area (Å²) in [6.07, 6.45) is 1.63. The van der Waals surface area contributed by atoms with Crippen LogP contribution in [0.4, 0.5) is 11.5 Å². The van der Waals surface area contributed by atoms with E-state index in [-0.39, 0.29) is 17.4 Å². The second kappa shape index (κ2) is 10.9. The standard InChI is InChI=1S/C30H33N5O2/c1-33(2)25-16-14-22(15-17-25)19-31-29(36)24-11-8-18-34(21-24)28-30(37)35(20-23-9-4-3-5-10-23)27-13-7-6-12-26(27)32-28/h3-7,9-10,12-17,24H,8,11,18-21H2,1-2H3,(H,31,36)/t24-/m1/s1. The lowest BCUT2D eigenvalue weighted by atomic mass is 9.97. The maximum absolute atomic E-state index is 13.7.